The fourth-order valence-corrected chi connectivity index (χ4v) is 3.81. The number of anilines is 1. The SMILES string of the molecule is CC(=O)OCn1cc(-c2ccnc(C#N)c2)c2cc(-c3cccc(NC(=O)C=CCN(C)C)c3)cnc21. The van der Waals surface area contributed by atoms with Crippen molar-refractivity contribution in [1.82, 2.24) is 19.4 Å². The summed E-state index contributed by atoms with van der Waals surface area (Å²) in [5, 5.41) is 13.0. The van der Waals surface area contributed by atoms with Crippen molar-refractivity contribution in [2.45, 2.75) is 13.7 Å². The number of carbonyl (C=O) groups excluding carboxylic acids is 2. The predicted octanol–water partition coefficient (Wildman–Crippen LogP) is 4.21. The number of esters is 1. The molecule has 0 unspecified atom stereocenters. The van der Waals surface area contributed by atoms with Gasteiger partial charge in [-0.1, -0.05) is 18.2 Å². The van der Waals surface area contributed by atoms with E-state index in [1.807, 2.05) is 61.6 Å². The van der Waals surface area contributed by atoms with Crippen LogP contribution in [-0.4, -0.2) is 52.0 Å². The van der Waals surface area contributed by atoms with Crippen LogP contribution in [0.15, 0.2) is 73.2 Å². The van der Waals surface area contributed by atoms with Crippen LogP contribution in [0.4, 0.5) is 5.69 Å². The van der Waals surface area contributed by atoms with E-state index in [0.717, 1.165) is 27.6 Å². The van der Waals surface area contributed by atoms with E-state index in [0.29, 0.717) is 23.6 Å². The van der Waals surface area contributed by atoms with Gasteiger partial charge in [-0.3, -0.25) is 14.2 Å². The molecule has 0 spiro atoms. The zero-order valence-corrected chi connectivity index (χ0v) is 20.8. The lowest BCUT2D eigenvalue weighted by Gasteiger charge is -2.08. The second-order valence-corrected chi connectivity index (χ2v) is 8.65. The molecule has 186 valence electrons. The number of nitrogens with zero attached hydrogens (tertiary/aromatic N) is 5. The molecule has 4 rings (SSSR count). The number of nitriles is 1. The molecular weight excluding hydrogens is 468 g/mol. The zero-order chi connectivity index (χ0) is 26.4. The molecule has 37 heavy (non-hydrogen) atoms. The fourth-order valence-electron chi connectivity index (χ4n) is 3.81. The van der Waals surface area contributed by atoms with E-state index in [1.54, 1.807) is 29.1 Å². The monoisotopic (exact) mass is 494 g/mol. The van der Waals surface area contributed by atoms with Crippen molar-refractivity contribution in [2.75, 3.05) is 26.0 Å². The maximum absolute atomic E-state index is 12.3. The quantitative estimate of drug-likeness (QED) is 0.288. The van der Waals surface area contributed by atoms with Crippen LogP contribution in [0.3, 0.4) is 0 Å². The summed E-state index contributed by atoms with van der Waals surface area (Å²) in [7, 11) is 3.87. The molecule has 9 heteroatoms. The third-order valence-electron chi connectivity index (χ3n) is 5.51. The number of benzene rings is 1. The van der Waals surface area contributed by atoms with Gasteiger partial charge in [-0.15, -0.1) is 0 Å². The van der Waals surface area contributed by atoms with E-state index in [4.69, 9.17) is 4.74 Å². The first kappa shape index (κ1) is 25.3. The van der Waals surface area contributed by atoms with Gasteiger partial charge in [0.25, 0.3) is 0 Å². The lowest BCUT2D eigenvalue weighted by molar-refractivity contribution is -0.144. The van der Waals surface area contributed by atoms with E-state index >= 15 is 0 Å². The van der Waals surface area contributed by atoms with Crippen LogP contribution in [0, 0.1) is 11.3 Å². The molecule has 0 aliphatic heterocycles. The number of fused-ring (bicyclic) bond motifs is 1. The minimum Gasteiger partial charge on any atom is -0.444 e. The van der Waals surface area contributed by atoms with Gasteiger partial charge < -0.3 is 15.0 Å². The largest absolute Gasteiger partial charge is 0.444 e. The fraction of sp³-hybridized carbons (Fsp3) is 0.179. The van der Waals surface area contributed by atoms with Crippen molar-refractivity contribution in [1.29, 1.82) is 5.26 Å². The minimum absolute atomic E-state index is 0.0111. The molecule has 1 N–H and O–H groups in total. The molecule has 9 nitrogen and oxygen atoms in total. The lowest BCUT2D eigenvalue weighted by Crippen LogP contribution is -2.12. The van der Waals surface area contributed by atoms with Gasteiger partial charge in [0, 0.05) is 60.3 Å². The Morgan fingerprint density at radius 1 is 1.14 bits per heavy atom. The summed E-state index contributed by atoms with van der Waals surface area (Å²) < 4.78 is 6.96. The molecule has 0 radical (unpaired) electrons. The van der Waals surface area contributed by atoms with Crippen molar-refractivity contribution in [3.63, 3.8) is 0 Å². The Morgan fingerprint density at radius 3 is 2.73 bits per heavy atom. The third kappa shape index (κ3) is 6.25. The molecule has 1 aromatic carbocycles. The van der Waals surface area contributed by atoms with Crippen LogP contribution in [0.1, 0.15) is 12.6 Å². The molecule has 0 aliphatic rings. The number of carbonyl (C=O) groups is 2. The van der Waals surface area contributed by atoms with Crippen LogP contribution in [0.2, 0.25) is 0 Å². The average molecular weight is 495 g/mol. The number of likely N-dealkylation sites (N-methyl/N-ethyl adjacent to an activating group) is 1. The van der Waals surface area contributed by atoms with Crippen LogP contribution >= 0.6 is 0 Å². The number of rotatable bonds is 8. The van der Waals surface area contributed by atoms with E-state index in [9.17, 15) is 14.9 Å². The lowest BCUT2D eigenvalue weighted by atomic mass is 10.0. The molecule has 0 aliphatic carbocycles. The Bertz CT molecular complexity index is 1530. The van der Waals surface area contributed by atoms with Gasteiger partial charge in [-0.2, -0.15) is 5.26 Å². The molecule has 1 amide bonds. The number of hydrogen-bond acceptors (Lipinski definition) is 7. The molecule has 0 bridgehead atoms. The van der Waals surface area contributed by atoms with E-state index in [1.165, 1.54) is 13.0 Å². The molecule has 0 fully saturated rings. The highest BCUT2D eigenvalue weighted by Crippen LogP contribution is 2.33. The Morgan fingerprint density at radius 2 is 1.97 bits per heavy atom. The third-order valence-corrected chi connectivity index (χ3v) is 5.51. The Labute approximate surface area is 214 Å². The highest BCUT2D eigenvalue weighted by molar-refractivity contribution is 6.00. The normalized spacial score (nSPS) is 11.1. The van der Waals surface area contributed by atoms with Gasteiger partial charge in [0.05, 0.1) is 0 Å². The van der Waals surface area contributed by atoms with Gasteiger partial charge in [0.15, 0.2) is 6.73 Å². The van der Waals surface area contributed by atoms with Crippen molar-refractivity contribution in [3.05, 3.63) is 78.9 Å². The molecular formula is C28H26N6O3. The summed E-state index contributed by atoms with van der Waals surface area (Å²) in [5.74, 6) is -0.602. The second kappa shape index (κ2) is 11.3. The van der Waals surface area contributed by atoms with Crippen LogP contribution in [0.25, 0.3) is 33.3 Å². The number of nitrogens with one attached hydrogen (secondary N) is 1. The van der Waals surface area contributed by atoms with E-state index in [2.05, 4.69) is 21.4 Å². The van der Waals surface area contributed by atoms with Crippen molar-refractivity contribution >= 4 is 28.6 Å². The Hall–Kier alpha value is -4.81. The molecule has 3 aromatic heterocycles. The molecule has 4 aromatic rings. The minimum atomic E-state index is -0.397. The summed E-state index contributed by atoms with van der Waals surface area (Å²) >= 11 is 0. The maximum atomic E-state index is 12.3. The summed E-state index contributed by atoms with van der Waals surface area (Å²) in [6.45, 7) is 2.03. The van der Waals surface area contributed by atoms with Gasteiger partial charge in [-0.25, -0.2) is 9.97 Å². The van der Waals surface area contributed by atoms with Crippen LogP contribution in [-0.2, 0) is 21.1 Å². The Kier molecular flexibility index (Phi) is 7.71. The summed E-state index contributed by atoms with van der Waals surface area (Å²) in [5.41, 5.74) is 4.92. The maximum Gasteiger partial charge on any atom is 0.304 e. The van der Waals surface area contributed by atoms with Gasteiger partial charge >= 0.3 is 5.97 Å². The molecule has 3 heterocycles. The number of pyridine rings is 2. The summed E-state index contributed by atoms with van der Waals surface area (Å²) in [4.78, 5) is 34.4. The van der Waals surface area contributed by atoms with E-state index in [-0.39, 0.29) is 12.6 Å². The van der Waals surface area contributed by atoms with Gasteiger partial charge in [0.2, 0.25) is 5.91 Å². The first-order valence-corrected chi connectivity index (χ1v) is 11.6. The first-order valence-electron chi connectivity index (χ1n) is 11.6. The molecule has 0 saturated carbocycles. The number of hydrogen-bond donors (Lipinski definition) is 1. The number of aromatic nitrogens is 3. The first-order chi connectivity index (χ1) is 17.8. The highest BCUT2D eigenvalue weighted by atomic mass is 16.5. The van der Waals surface area contributed by atoms with Crippen molar-refractivity contribution < 1.29 is 14.3 Å². The topological polar surface area (TPSA) is 113 Å². The van der Waals surface area contributed by atoms with Crippen molar-refractivity contribution in [3.8, 4) is 28.3 Å². The standard InChI is InChI=1S/C28H26N6O3/c1-19(35)37-18-34-17-26(21-9-10-30-24(13-21)15-29)25-14-22(16-31-28(25)34)20-6-4-7-23(12-20)32-27(36)8-5-11-33(2)3/h4-10,12-14,16-17H,11,18H2,1-3H3,(H,32,36). The summed E-state index contributed by atoms with van der Waals surface area (Å²) in [6, 6.07) is 15.1. The van der Waals surface area contributed by atoms with Crippen LogP contribution < -0.4 is 5.32 Å². The smallest absolute Gasteiger partial charge is 0.304 e. The molecule has 0 saturated heterocycles. The molecule has 0 atom stereocenters. The van der Waals surface area contributed by atoms with E-state index < -0.39 is 5.97 Å². The van der Waals surface area contributed by atoms with Gasteiger partial charge in [-0.05, 0) is 55.6 Å². The Balaban J connectivity index is 1.71. The second-order valence-electron chi connectivity index (χ2n) is 8.65. The average Bonchev–Trinajstić information content (AvgIpc) is 3.25. The van der Waals surface area contributed by atoms with Gasteiger partial charge in [0.1, 0.15) is 17.4 Å². The zero-order valence-electron chi connectivity index (χ0n) is 20.8. The van der Waals surface area contributed by atoms with Crippen molar-refractivity contribution in [2.24, 2.45) is 0 Å². The number of amides is 1. The highest BCUT2D eigenvalue weighted by Gasteiger charge is 2.15. The number of ether oxygens (including phenoxy) is 1. The predicted molar refractivity (Wildman–Crippen MR) is 141 cm³/mol. The van der Waals surface area contributed by atoms with Crippen LogP contribution in [0.5, 0.6) is 0 Å². The summed E-state index contributed by atoms with van der Waals surface area (Å²) in [6.07, 6.45) is 8.48.